The second-order valence-electron chi connectivity index (χ2n) is 6.05. The molecule has 0 radical (unpaired) electrons. The Balaban J connectivity index is 1.87. The second-order valence-corrected chi connectivity index (χ2v) is 6.49. The van der Waals surface area contributed by atoms with Crippen LogP contribution in [0.1, 0.15) is 17.2 Å². The number of anilines is 1. The number of halogens is 1. The first-order chi connectivity index (χ1) is 13.6. The Morgan fingerprint density at radius 1 is 0.964 bits per heavy atom. The summed E-state index contributed by atoms with van der Waals surface area (Å²) in [6.45, 7) is 0. The number of nitrogens with one attached hydrogen (secondary N) is 1. The van der Waals surface area contributed by atoms with Crippen molar-refractivity contribution in [3.8, 4) is 17.2 Å². The molecule has 1 aromatic heterocycles. The van der Waals surface area contributed by atoms with Gasteiger partial charge < -0.3 is 19.5 Å². The van der Waals surface area contributed by atoms with Crippen LogP contribution >= 0.6 is 11.6 Å². The van der Waals surface area contributed by atoms with Gasteiger partial charge in [0, 0.05) is 22.3 Å². The van der Waals surface area contributed by atoms with E-state index >= 15 is 0 Å². The third kappa shape index (κ3) is 3.11. The highest BCUT2D eigenvalue weighted by molar-refractivity contribution is 6.30. The first-order valence-corrected chi connectivity index (χ1v) is 8.85. The van der Waals surface area contributed by atoms with Gasteiger partial charge in [-0.25, -0.2) is 0 Å². The Kier molecular flexibility index (Phi) is 4.79. The summed E-state index contributed by atoms with van der Waals surface area (Å²) in [6.07, 6.45) is 2.02. The zero-order valence-corrected chi connectivity index (χ0v) is 16.3. The van der Waals surface area contributed by atoms with Crippen LogP contribution in [0.5, 0.6) is 17.2 Å². The first-order valence-electron chi connectivity index (χ1n) is 8.47. The van der Waals surface area contributed by atoms with E-state index in [0.29, 0.717) is 28.2 Å². The zero-order valence-electron chi connectivity index (χ0n) is 15.5. The lowest BCUT2D eigenvalue weighted by atomic mass is 10.00. The maximum absolute atomic E-state index is 6.02. The van der Waals surface area contributed by atoms with Crippen molar-refractivity contribution in [3.63, 3.8) is 0 Å². The number of allylic oxidation sites excluding steroid dienone is 1. The van der Waals surface area contributed by atoms with Gasteiger partial charge in [-0.2, -0.15) is 4.68 Å². The van der Waals surface area contributed by atoms with Crippen LogP contribution in [-0.2, 0) is 0 Å². The van der Waals surface area contributed by atoms with Crippen LogP contribution in [0.3, 0.4) is 0 Å². The average molecular weight is 400 g/mol. The van der Waals surface area contributed by atoms with Gasteiger partial charge in [-0.05, 0) is 40.3 Å². The largest absolute Gasteiger partial charge is 0.496 e. The maximum Gasteiger partial charge on any atom is 0.248 e. The topological polar surface area (TPSA) is 83.3 Å². The quantitative estimate of drug-likeness (QED) is 0.703. The third-order valence-electron chi connectivity index (χ3n) is 4.54. The molecule has 0 amide bonds. The highest BCUT2D eigenvalue weighted by atomic mass is 35.5. The van der Waals surface area contributed by atoms with Gasteiger partial charge in [0.1, 0.15) is 11.8 Å². The summed E-state index contributed by atoms with van der Waals surface area (Å²) < 4.78 is 18.1. The number of ether oxygens (including phenoxy) is 3. The third-order valence-corrected chi connectivity index (χ3v) is 4.79. The molecule has 1 aliphatic heterocycles. The van der Waals surface area contributed by atoms with Crippen molar-refractivity contribution in [3.05, 3.63) is 58.6 Å². The molecule has 28 heavy (non-hydrogen) atoms. The summed E-state index contributed by atoms with van der Waals surface area (Å²) >= 11 is 6.02. The zero-order chi connectivity index (χ0) is 19.7. The summed E-state index contributed by atoms with van der Waals surface area (Å²) in [5, 5.41) is 15.9. The summed E-state index contributed by atoms with van der Waals surface area (Å²) in [6, 6.07) is 10.9. The number of methoxy groups -OCH3 is 3. The number of tetrazole rings is 1. The lowest BCUT2D eigenvalue weighted by Gasteiger charge is -2.25. The van der Waals surface area contributed by atoms with Gasteiger partial charge in [0.15, 0.2) is 11.5 Å². The van der Waals surface area contributed by atoms with Crippen LogP contribution in [0.15, 0.2) is 42.5 Å². The standard InChI is InChI=1S/C19H18ClN5O3/c1-26-16-10-18(28-3)17(27-2)8-13(16)15-9-14(11-4-6-12(20)7-5-11)21-19-22-23-24-25(15)19/h4-10,15H,1-3H3,(H,21,22,24)/t15-/m1/s1. The van der Waals surface area contributed by atoms with Gasteiger partial charge in [-0.3, -0.25) is 0 Å². The smallest absolute Gasteiger partial charge is 0.248 e. The minimum Gasteiger partial charge on any atom is -0.496 e. The van der Waals surface area contributed by atoms with Crippen molar-refractivity contribution >= 4 is 23.2 Å². The fourth-order valence-corrected chi connectivity index (χ4v) is 3.28. The molecule has 0 saturated heterocycles. The Labute approximate surface area is 166 Å². The maximum atomic E-state index is 6.02. The number of nitrogens with zero attached hydrogens (tertiary/aromatic N) is 4. The highest BCUT2D eigenvalue weighted by Crippen LogP contribution is 2.41. The molecule has 0 bridgehead atoms. The van der Waals surface area contributed by atoms with Crippen molar-refractivity contribution < 1.29 is 14.2 Å². The minimum atomic E-state index is -0.313. The Bertz CT molecular complexity index is 1030. The van der Waals surface area contributed by atoms with E-state index in [0.717, 1.165) is 16.8 Å². The minimum absolute atomic E-state index is 0.313. The lowest BCUT2D eigenvalue weighted by Crippen LogP contribution is -2.21. The molecule has 2 heterocycles. The van der Waals surface area contributed by atoms with Gasteiger partial charge in [-0.15, -0.1) is 0 Å². The summed E-state index contributed by atoms with van der Waals surface area (Å²) in [5.41, 5.74) is 2.66. The van der Waals surface area contributed by atoms with Gasteiger partial charge in [0.2, 0.25) is 5.95 Å². The molecule has 1 N–H and O–H groups in total. The number of fused-ring (bicyclic) bond motifs is 1. The van der Waals surface area contributed by atoms with Crippen molar-refractivity contribution in [2.45, 2.75) is 6.04 Å². The SMILES string of the molecule is COc1cc(OC)c([C@H]2C=C(c3ccc(Cl)cc3)Nc3nnnn32)cc1OC. The molecular formula is C19H18ClN5O3. The molecule has 9 heteroatoms. The number of benzene rings is 2. The fourth-order valence-electron chi connectivity index (χ4n) is 3.16. The molecule has 1 atom stereocenters. The van der Waals surface area contributed by atoms with E-state index in [1.165, 1.54) is 0 Å². The first kappa shape index (κ1) is 18.1. The van der Waals surface area contributed by atoms with Crippen molar-refractivity contribution in [2.75, 3.05) is 26.6 Å². The average Bonchev–Trinajstić information content (AvgIpc) is 3.21. The van der Waals surface area contributed by atoms with Crippen LogP contribution in [-0.4, -0.2) is 41.5 Å². The molecule has 0 fully saturated rings. The lowest BCUT2D eigenvalue weighted by molar-refractivity contribution is 0.346. The molecule has 1 aliphatic rings. The molecule has 8 nitrogen and oxygen atoms in total. The monoisotopic (exact) mass is 399 g/mol. The number of hydrogen-bond donors (Lipinski definition) is 1. The van der Waals surface area contributed by atoms with E-state index in [1.807, 2.05) is 36.4 Å². The molecule has 0 saturated carbocycles. The van der Waals surface area contributed by atoms with Crippen LogP contribution in [0.2, 0.25) is 5.02 Å². The van der Waals surface area contributed by atoms with Crippen LogP contribution in [0.4, 0.5) is 5.95 Å². The van der Waals surface area contributed by atoms with E-state index in [9.17, 15) is 0 Å². The van der Waals surface area contributed by atoms with E-state index in [-0.39, 0.29) is 6.04 Å². The predicted octanol–water partition coefficient (Wildman–Crippen LogP) is 3.41. The van der Waals surface area contributed by atoms with E-state index in [1.54, 1.807) is 32.1 Å². The molecule has 144 valence electrons. The molecular weight excluding hydrogens is 382 g/mol. The molecule has 4 rings (SSSR count). The molecule has 0 spiro atoms. The Morgan fingerprint density at radius 2 is 1.64 bits per heavy atom. The van der Waals surface area contributed by atoms with E-state index < -0.39 is 0 Å². The fraction of sp³-hybridized carbons (Fsp3) is 0.211. The highest BCUT2D eigenvalue weighted by Gasteiger charge is 2.28. The van der Waals surface area contributed by atoms with Crippen LogP contribution in [0, 0.1) is 0 Å². The number of rotatable bonds is 5. The summed E-state index contributed by atoms with van der Waals surface area (Å²) in [5.74, 6) is 2.33. The summed E-state index contributed by atoms with van der Waals surface area (Å²) in [4.78, 5) is 0. The van der Waals surface area contributed by atoms with Crippen LogP contribution < -0.4 is 19.5 Å². The van der Waals surface area contributed by atoms with Crippen molar-refractivity contribution in [1.82, 2.24) is 20.2 Å². The van der Waals surface area contributed by atoms with Gasteiger partial charge >= 0.3 is 0 Å². The van der Waals surface area contributed by atoms with Gasteiger partial charge in [-0.1, -0.05) is 28.8 Å². The molecule has 0 aliphatic carbocycles. The Morgan fingerprint density at radius 3 is 2.32 bits per heavy atom. The number of aromatic nitrogens is 4. The molecule has 0 unspecified atom stereocenters. The van der Waals surface area contributed by atoms with E-state index in [4.69, 9.17) is 25.8 Å². The second kappa shape index (κ2) is 7.40. The van der Waals surface area contributed by atoms with E-state index in [2.05, 4.69) is 20.8 Å². The van der Waals surface area contributed by atoms with Gasteiger partial charge in [0.25, 0.3) is 0 Å². The number of hydrogen-bond acceptors (Lipinski definition) is 7. The van der Waals surface area contributed by atoms with Crippen molar-refractivity contribution in [2.24, 2.45) is 0 Å². The summed E-state index contributed by atoms with van der Waals surface area (Å²) in [7, 11) is 4.78. The molecule has 2 aromatic carbocycles. The van der Waals surface area contributed by atoms with Gasteiger partial charge in [0.05, 0.1) is 21.3 Å². The predicted molar refractivity (Wildman–Crippen MR) is 105 cm³/mol. The van der Waals surface area contributed by atoms with Crippen LogP contribution in [0.25, 0.3) is 5.70 Å². The molecule has 3 aromatic rings. The normalized spacial score (nSPS) is 15.3. The van der Waals surface area contributed by atoms with Crippen molar-refractivity contribution in [1.29, 1.82) is 0 Å². The Hall–Kier alpha value is -3.26.